The number of likely N-dealkylation sites (N-methyl/N-ethyl adjacent to an activating group) is 1. The van der Waals surface area contributed by atoms with E-state index in [1.54, 1.807) is 14.1 Å². The number of ether oxygens (including phenoxy) is 1. The number of carbonyl (C=O) groups excluding carboxylic acids is 2. The van der Waals surface area contributed by atoms with Gasteiger partial charge in [-0.15, -0.1) is 0 Å². The number of fused-ring (bicyclic) bond motifs is 1. The van der Waals surface area contributed by atoms with Crippen LogP contribution in [0.2, 0.25) is 0 Å². The molecule has 6 nitrogen and oxygen atoms in total. The maximum Gasteiger partial charge on any atom is 0.248 e. The molecule has 2 aliphatic rings. The zero-order chi connectivity index (χ0) is 16.4. The largest absolute Gasteiger partial charge is 0.365 e. The van der Waals surface area contributed by atoms with Crippen LogP contribution in [0.25, 0.3) is 0 Å². The van der Waals surface area contributed by atoms with Crippen molar-refractivity contribution in [3.63, 3.8) is 0 Å². The van der Waals surface area contributed by atoms with Crippen molar-refractivity contribution in [3.05, 3.63) is 24.0 Å². The third-order valence-corrected chi connectivity index (χ3v) is 4.81. The summed E-state index contributed by atoms with van der Waals surface area (Å²) in [5, 5.41) is 0. The second-order valence-electron chi connectivity index (χ2n) is 6.72. The monoisotopic (exact) mass is 319 g/mol. The number of hydrogen-bond acceptors (Lipinski definition) is 3. The van der Waals surface area contributed by atoms with Crippen LogP contribution in [-0.2, 0) is 27.4 Å². The Kier molecular flexibility index (Phi) is 4.71. The first kappa shape index (κ1) is 16.1. The zero-order valence-corrected chi connectivity index (χ0v) is 13.9. The second kappa shape index (κ2) is 6.74. The SMILES string of the molecule is CN(C)C(=O)COC1CN(C(=O)C2CCC2)Cc2cccn2C1. The van der Waals surface area contributed by atoms with Crippen molar-refractivity contribution in [2.24, 2.45) is 5.92 Å². The van der Waals surface area contributed by atoms with E-state index in [-0.39, 0.29) is 30.4 Å². The molecule has 2 heterocycles. The molecule has 126 valence electrons. The number of rotatable bonds is 4. The maximum absolute atomic E-state index is 12.6. The molecule has 1 unspecified atom stereocenters. The van der Waals surface area contributed by atoms with Crippen LogP contribution in [0.5, 0.6) is 0 Å². The first-order valence-corrected chi connectivity index (χ1v) is 8.29. The van der Waals surface area contributed by atoms with Crippen LogP contribution >= 0.6 is 0 Å². The molecule has 0 bridgehead atoms. The van der Waals surface area contributed by atoms with E-state index < -0.39 is 0 Å². The quantitative estimate of drug-likeness (QED) is 0.835. The molecule has 6 heteroatoms. The summed E-state index contributed by atoms with van der Waals surface area (Å²) in [5.74, 6) is 0.359. The van der Waals surface area contributed by atoms with Gasteiger partial charge in [-0.1, -0.05) is 6.42 Å². The van der Waals surface area contributed by atoms with Crippen molar-refractivity contribution < 1.29 is 14.3 Å². The van der Waals surface area contributed by atoms with E-state index in [0.29, 0.717) is 19.6 Å². The Morgan fingerprint density at radius 1 is 1.30 bits per heavy atom. The lowest BCUT2D eigenvalue weighted by Crippen LogP contribution is -2.43. The fourth-order valence-corrected chi connectivity index (χ4v) is 3.06. The molecule has 3 rings (SSSR count). The Labute approximate surface area is 137 Å². The standard InChI is InChI=1S/C17H25N3O3/c1-18(2)16(21)12-23-15-10-19-8-4-7-14(19)9-20(11-15)17(22)13-5-3-6-13/h4,7-8,13,15H,3,5-6,9-12H2,1-2H3. The van der Waals surface area contributed by atoms with Gasteiger partial charge in [0.1, 0.15) is 6.61 Å². The van der Waals surface area contributed by atoms with E-state index in [1.165, 1.54) is 4.90 Å². The highest BCUT2D eigenvalue weighted by atomic mass is 16.5. The number of nitrogens with zero attached hydrogens (tertiary/aromatic N) is 3. The van der Waals surface area contributed by atoms with Crippen LogP contribution in [0.4, 0.5) is 0 Å². The fraction of sp³-hybridized carbons (Fsp3) is 0.647. The summed E-state index contributed by atoms with van der Waals surface area (Å²) in [4.78, 5) is 27.8. The molecule has 0 spiro atoms. The number of carbonyl (C=O) groups is 2. The van der Waals surface area contributed by atoms with Crippen molar-refractivity contribution in [1.29, 1.82) is 0 Å². The van der Waals surface area contributed by atoms with Gasteiger partial charge in [-0.2, -0.15) is 0 Å². The minimum Gasteiger partial charge on any atom is -0.365 e. The third kappa shape index (κ3) is 3.58. The molecule has 0 aromatic carbocycles. The highest BCUT2D eigenvalue weighted by Crippen LogP contribution is 2.29. The first-order chi connectivity index (χ1) is 11.0. The third-order valence-electron chi connectivity index (χ3n) is 4.81. The smallest absolute Gasteiger partial charge is 0.248 e. The Morgan fingerprint density at radius 3 is 2.74 bits per heavy atom. The van der Waals surface area contributed by atoms with E-state index >= 15 is 0 Å². The molecule has 0 saturated heterocycles. The van der Waals surface area contributed by atoms with Crippen molar-refractivity contribution in [3.8, 4) is 0 Å². The average molecular weight is 319 g/mol. The van der Waals surface area contributed by atoms with Gasteiger partial charge in [-0.3, -0.25) is 9.59 Å². The minimum atomic E-state index is -0.156. The number of aromatic nitrogens is 1. The lowest BCUT2D eigenvalue weighted by molar-refractivity contribution is -0.142. The van der Waals surface area contributed by atoms with Gasteiger partial charge in [0, 0.05) is 38.4 Å². The highest BCUT2D eigenvalue weighted by molar-refractivity contribution is 5.79. The fourth-order valence-electron chi connectivity index (χ4n) is 3.06. The molecule has 2 amide bonds. The van der Waals surface area contributed by atoms with Gasteiger partial charge in [0.25, 0.3) is 0 Å². The summed E-state index contributed by atoms with van der Waals surface area (Å²) >= 11 is 0. The lowest BCUT2D eigenvalue weighted by Gasteiger charge is -2.32. The summed E-state index contributed by atoms with van der Waals surface area (Å²) in [6, 6.07) is 4.04. The lowest BCUT2D eigenvalue weighted by atomic mass is 9.84. The topological polar surface area (TPSA) is 54.8 Å². The van der Waals surface area contributed by atoms with Gasteiger partial charge in [-0.05, 0) is 25.0 Å². The summed E-state index contributed by atoms with van der Waals surface area (Å²) in [7, 11) is 3.44. The van der Waals surface area contributed by atoms with Gasteiger partial charge < -0.3 is 19.1 Å². The van der Waals surface area contributed by atoms with Crippen molar-refractivity contribution in [1.82, 2.24) is 14.4 Å². The molecule has 1 aliphatic heterocycles. The van der Waals surface area contributed by atoms with Crippen LogP contribution in [0.1, 0.15) is 25.0 Å². The average Bonchev–Trinajstić information content (AvgIpc) is 2.80. The van der Waals surface area contributed by atoms with Crippen molar-refractivity contribution in [2.75, 3.05) is 27.2 Å². The normalized spacial score (nSPS) is 21.3. The van der Waals surface area contributed by atoms with Crippen molar-refractivity contribution in [2.45, 2.75) is 38.5 Å². The second-order valence-corrected chi connectivity index (χ2v) is 6.72. The summed E-state index contributed by atoms with van der Waals surface area (Å²) in [6.45, 7) is 1.92. The van der Waals surface area contributed by atoms with Gasteiger partial charge >= 0.3 is 0 Å². The molecule has 1 aromatic heterocycles. The number of hydrogen-bond donors (Lipinski definition) is 0. The highest BCUT2D eigenvalue weighted by Gasteiger charge is 2.33. The molecule has 0 N–H and O–H groups in total. The predicted molar refractivity (Wildman–Crippen MR) is 85.6 cm³/mol. The Morgan fingerprint density at radius 2 is 2.09 bits per heavy atom. The van der Waals surface area contributed by atoms with E-state index in [1.807, 2.05) is 17.2 Å². The summed E-state index contributed by atoms with van der Waals surface area (Å²) in [5.41, 5.74) is 1.13. The molecule has 23 heavy (non-hydrogen) atoms. The van der Waals surface area contributed by atoms with Crippen LogP contribution in [0, 0.1) is 5.92 Å². The molecular formula is C17H25N3O3. The van der Waals surface area contributed by atoms with Crippen molar-refractivity contribution >= 4 is 11.8 Å². The van der Waals surface area contributed by atoms with Gasteiger partial charge in [0.2, 0.25) is 11.8 Å². The van der Waals surface area contributed by atoms with Crippen LogP contribution in [0.3, 0.4) is 0 Å². The van der Waals surface area contributed by atoms with Gasteiger partial charge in [0.15, 0.2) is 0 Å². The molecular weight excluding hydrogens is 294 g/mol. The Hall–Kier alpha value is -1.82. The summed E-state index contributed by atoms with van der Waals surface area (Å²) < 4.78 is 7.94. The van der Waals surface area contributed by atoms with Gasteiger partial charge in [0.05, 0.1) is 19.2 Å². The Bertz CT molecular complexity index is 577. The summed E-state index contributed by atoms with van der Waals surface area (Å²) in [6.07, 6.45) is 5.01. The molecule has 0 radical (unpaired) electrons. The van der Waals surface area contributed by atoms with E-state index in [0.717, 1.165) is 25.0 Å². The molecule has 1 atom stereocenters. The van der Waals surface area contributed by atoms with Gasteiger partial charge in [-0.25, -0.2) is 0 Å². The van der Waals surface area contributed by atoms with E-state index in [4.69, 9.17) is 4.74 Å². The molecule has 1 fully saturated rings. The maximum atomic E-state index is 12.6. The zero-order valence-electron chi connectivity index (χ0n) is 13.9. The van der Waals surface area contributed by atoms with Crippen LogP contribution in [-0.4, -0.2) is 59.5 Å². The Balaban J connectivity index is 1.69. The number of amides is 2. The first-order valence-electron chi connectivity index (χ1n) is 8.29. The minimum absolute atomic E-state index is 0.0553. The molecule has 1 aromatic rings. The van der Waals surface area contributed by atoms with E-state index in [9.17, 15) is 9.59 Å². The molecule has 1 aliphatic carbocycles. The predicted octanol–water partition coefficient (Wildman–Crippen LogP) is 1.10. The molecule has 1 saturated carbocycles. The van der Waals surface area contributed by atoms with E-state index in [2.05, 4.69) is 10.6 Å². The van der Waals surface area contributed by atoms with Crippen LogP contribution < -0.4 is 0 Å². The van der Waals surface area contributed by atoms with Crippen LogP contribution in [0.15, 0.2) is 18.3 Å².